The molecule has 0 amide bonds. The Balaban J connectivity index is 1.26. The fourth-order valence-corrected chi connectivity index (χ4v) is 7.48. The van der Waals surface area contributed by atoms with Crippen LogP contribution in [0.5, 0.6) is 0 Å². The van der Waals surface area contributed by atoms with Gasteiger partial charge in [0.1, 0.15) is 4.90 Å². The van der Waals surface area contributed by atoms with Crippen LogP contribution in [0.4, 0.5) is 13.2 Å². The number of likely N-dealkylation sites (tertiary alicyclic amines) is 1. The molecule has 5 rings (SSSR count). The van der Waals surface area contributed by atoms with E-state index in [2.05, 4.69) is 14.9 Å². The Morgan fingerprint density at radius 1 is 1.10 bits per heavy atom. The normalized spacial score (nSPS) is 26.2. The van der Waals surface area contributed by atoms with Crippen LogP contribution in [0, 0.1) is 17.8 Å². The summed E-state index contributed by atoms with van der Waals surface area (Å²) in [6.45, 7) is 7.19. The molecule has 3 saturated heterocycles. The molecule has 3 aliphatic heterocycles. The summed E-state index contributed by atoms with van der Waals surface area (Å²) in [5.74, 6) is -1.29. The first kappa shape index (κ1) is 20.6. The van der Waals surface area contributed by atoms with Crippen LogP contribution >= 0.6 is 0 Å². The van der Waals surface area contributed by atoms with Gasteiger partial charge in [-0.05, 0) is 26.2 Å². The summed E-state index contributed by atoms with van der Waals surface area (Å²) in [7, 11) is -3.92. The van der Waals surface area contributed by atoms with Gasteiger partial charge in [-0.1, -0.05) is 6.92 Å². The molecule has 166 valence electrons. The van der Waals surface area contributed by atoms with Crippen molar-refractivity contribution < 1.29 is 26.3 Å². The van der Waals surface area contributed by atoms with E-state index < -0.39 is 22.0 Å². The summed E-state index contributed by atoms with van der Waals surface area (Å²) in [4.78, 5) is 9.23. The van der Waals surface area contributed by atoms with Crippen molar-refractivity contribution in [1.29, 1.82) is 0 Å². The van der Waals surface area contributed by atoms with Gasteiger partial charge in [0.2, 0.25) is 15.8 Å². The molecular formula is C19H25F3N4O3S. The van der Waals surface area contributed by atoms with Crippen LogP contribution in [-0.2, 0) is 27.4 Å². The Hall–Kier alpha value is -1.30. The van der Waals surface area contributed by atoms with Crippen molar-refractivity contribution in [3.05, 3.63) is 17.2 Å². The van der Waals surface area contributed by atoms with Gasteiger partial charge in [-0.2, -0.15) is 17.5 Å². The summed E-state index contributed by atoms with van der Waals surface area (Å²) >= 11 is 0. The fraction of sp³-hybridized carbons (Fsp3) is 0.789. The third-order valence-electron chi connectivity index (χ3n) is 7.06. The second kappa shape index (κ2) is 6.36. The van der Waals surface area contributed by atoms with E-state index in [1.807, 2.05) is 0 Å². The highest BCUT2D eigenvalue weighted by atomic mass is 32.2. The van der Waals surface area contributed by atoms with Gasteiger partial charge in [-0.25, -0.2) is 18.4 Å². The summed E-state index contributed by atoms with van der Waals surface area (Å²) in [5.41, 5.74) is 0.152. The van der Waals surface area contributed by atoms with Gasteiger partial charge in [0.15, 0.2) is 0 Å². The van der Waals surface area contributed by atoms with E-state index in [1.165, 1.54) is 11.2 Å². The topological polar surface area (TPSA) is 75.6 Å². The molecule has 1 aliphatic carbocycles. The van der Waals surface area contributed by atoms with Crippen LogP contribution in [0.15, 0.2) is 4.90 Å². The predicted octanol–water partition coefficient (Wildman–Crippen LogP) is 1.85. The molecule has 7 nitrogen and oxygen atoms in total. The quantitative estimate of drug-likeness (QED) is 0.703. The first-order valence-electron chi connectivity index (χ1n) is 10.2. The zero-order valence-electron chi connectivity index (χ0n) is 17.0. The minimum absolute atomic E-state index is 0.0288. The maximum atomic E-state index is 13.2. The number of alkyl halides is 3. The van der Waals surface area contributed by atoms with Crippen LogP contribution < -0.4 is 0 Å². The lowest BCUT2D eigenvalue weighted by atomic mass is 9.61. The Morgan fingerprint density at radius 2 is 1.73 bits per heavy atom. The number of rotatable bonds is 4. The molecule has 4 fully saturated rings. The largest absolute Gasteiger partial charge is 0.451 e. The van der Waals surface area contributed by atoms with Crippen molar-refractivity contribution in [2.75, 3.05) is 39.4 Å². The number of nitrogens with zero attached hydrogens (tertiary/aromatic N) is 4. The standard InChI is InChI=1S/C19H25F3N4O3S/c1-3-14-15(12(2)23-16(24-14)19(20,21)22)30(27,28)26-8-18(9-26)6-25(7-18)13-4-17(5-13)10-29-11-17/h13H,3-11H2,1-2H3. The average Bonchev–Trinajstić information content (AvgIpc) is 2.49. The Kier molecular flexibility index (Phi) is 4.37. The van der Waals surface area contributed by atoms with Crippen LogP contribution in [-0.4, -0.2) is 73.0 Å². The number of hydrogen-bond donors (Lipinski definition) is 0. The number of sulfonamides is 1. The Morgan fingerprint density at radius 3 is 2.23 bits per heavy atom. The van der Waals surface area contributed by atoms with E-state index in [4.69, 9.17) is 4.74 Å². The highest BCUT2D eigenvalue weighted by Gasteiger charge is 2.60. The molecule has 30 heavy (non-hydrogen) atoms. The van der Waals surface area contributed by atoms with Crippen LogP contribution in [0.2, 0.25) is 0 Å². The SMILES string of the molecule is CCc1nc(C(F)(F)F)nc(C)c1S(=O)(=O)N1CC2(CN(C3CC4(COC4)C3)C2)C1. The van der Waals surface area contributed by atoms with E-state index in [0.29, 0.717) is 24.5 Å². The van der Waals surface area contributed by atoms with Gasteiger partial charge in [-0.15, -0.1) is 0 Å². The van der Waals surface area contributed by atoms with E-state index in [0.717, 1.165) is 39.1 Å². The van der Waals surface area contributed by atoms with Gasteiger partial charge in [-0.3, -0.25) is 4.90 Å². The number of aryl methyl sites for hydroxylation is 2. The summed E-state index contributed by atoms with van der Waals surface area (Å²) in [5, 5.41) is 0. The number of hydrogen-bond acceptors (Lipinski definition) is 6. The maximum Gasteiger partial charge on any atom is 0.451 e. The highest BCUT2D eigenvalue weighted by molar-refractivity contribution is 7.89. The highest BCUT2D eigenvalue weighted by Crippen LogP contribution is 2.53. The molecule has 4 aliphatic rings. The second-order valence-corrected chi connectivity index (χ2v) is 11.4. The summed E-state index contributed by atoms with van der Waals surface area (Å²) in [6, 6.07) is 0.572. The molecule has 0 atom stereocenters. The summed E-state index contributed by atoms with van der Waals surface area (Å²) in [6.07, 6.45) is -2.31. The zero-order chi connectivity index (χ0) is 21.5. The van der Waals surface area contributed by atoms with Gasteiger partial charge < -0.3 is 4.74 Å². The zero-order valence-corrected chi connectivity index (χ0v) is 17.8. The minimum atomic E-state index is -4.71. The maximum absolute atomic E-state index is 13.2. The predicted molar refractivity (Wildman–Crippen MR) is 100 cm³/mol. The molecule has 1 aromatic rings. The minimum Gasteiger partial charge on any atom is -0.380 e. The smallest absolute Gasteiger partial charge is 0.380 e. The van der Waals surface area contributed by atoms with Gasteiger partial charge in [0.25, 0.3) is 0 Å². The number of halogens is 3. The Labute approximate surface area is 173 Å². The lowest BCUT2D eigenvalue weighted by Crippen LogP contribution is -2.76. The first-order valence-corrected chi connectivity index (χ1v) is 11.7. The molecule has 4 heterocycles. The second-order valence-electron chi connectivity index (χ2n) is 9.49. The van der Waals surface area contributed by atoms with Crippen LogP contribution in [0.25, 0.3) is 0 Å². The van der Waals surface area contributed by atoms with E-state index in [1.54, 1.807) is 6.92 Å². The molecule has 1 aromatic heterocycles. The third-order valence-corrected chi connectivity index (χ3v) is 9.05. The summed E-state index contributed by atoms with van der Waals surface area (Å²) < 4.78 is 72.0. The fourth-order valence-electron chi connectivity index (χ4n) is 5.42. The van der Waals surface area contributed by atoms with Crippen molar-refractivity contribution in [2.24, 2.45) is 10.8 Å². The lowest BCUT2D eigenvalue weighted by molar-refractivity contribution is -0.211. The van der Waals surface area contributed by atoms with E-state index in [-0.39, 0.29) is 28.1 Å². The van der Waals surface area contributed by atoms with Crippen molar-refractivity contribution in [2.45, 2.75) is 50.2 Å². The number of ether oxygens (including phenoxy) is 1. The molecule has 0 unspecified atom stereocenters. The lowest BCUT2D eigenvalue weighted by Gasteiger charge is -2.65. The first-order chi connectivity index (χ1) is 14.0. The molecule has 0 radical (unpaired) electrons. The van der Waals surface area contributed by atoms with Gasteiger partial charge in [0, 0.05) is 43.1 Å². The third kappa shape index (κ3) is 3.00. The van der Waals surface area contributed by atoms with Crippen LogP contribution in [0.1, 0.15) is 37.0 Å². The van der Waals surface area contributed by atoms with E-state index in [9.17, 15) is 21.6 Å². The molecule has 2 spiro atoms. The Bertz CT molecular complexity index is 971. The van der Waals surface area contributed by atoms with Gasteiger partial charge in [0.05, 0.1) is 24.6 Å². The van der Waals surface area contributed by atoms with Crippen LogP contribution in [0.3, 0.4) is 0 Å². The molecule has 0 N–H and O–H groups in total. The van der Waals surface area contributed by atoms with Crippen molar-refractivity contribution >= 4 is 10.0 Å². The van der Waals surface area contributed by atoms with Gasteiger partial charge >= 0.3 is 6.18 Å². The number of aromatic nitrogens is 2. The molecule has 0 bridgehead atoms. The monoisotopic (exact) mass is 446 g/mol. The van der Waals surface area contributed by atoms with Crippen molar-refractivity contribution in [3.63, 3.8) is 0 Å². The molecule has 1 saturated carbocycles. The molecule has 0 aromatic carbocycles. The van der Waals surface area contributed by atoms with E-state index >= 15 is 0 Å². The van der Waals surface area contributed by atoms with Crippen molar-refractivity contribution in [3.8, 4) is 0 Å². The average molecular weight is 446 g/mol. The van der Waals surface area contributed by atoms with Crippen molar-refractivity contribution in [1.82, 2.24) is 19.2 Å². The molecular weight excluding hydrogens is 421 g/mol. The molecule has 11 heteroatoms.